The molecule has 9 heteroatoms. The minimum atomic E-state index is -1.02. The van der Waals surface area contributed by atoms with Gasteiger partial charge in [-0.3, -0.25) is 9.78 Å². The van der Waals surface area contributed by atoms with Crippen molar-refractivity contribution in [3.8, 4) is 0 Å². The zero-order valence-electron chi connectivity index (χ0n) is 10.8. The number of aliphatic hydroxyl groups is 2. The minimum absolute atomic E-state index is 0.0338. The van der Waals surface area contributed by atoms with Gasteiger partial charge >= 0.3 is 0 Å². The molecule has 0 bridgehead atoms. The molecular weight excluding hydrogens is 284 g/mol. The van der Waals surface area contributed by atoms with E-state index in [9.17, 15) is 15.0 Å². The third-order valence-corrected chi connectivity index (χ3v) is 4.06. The Bertz CT molecular complexity index is 566. The Hall–Kier alpha value is -1.29. The van der Waals surface area contributed by atoms with Crippen LogP contribution in [0.2, 0.25) is 0 Å². The lowest BCUT2D eigenvalue weighted by Gasteiger charge is -2.42. The lowest BCUT2D eigenvalue weighted by molar-refractivity contribution is -0.121. The molecular formula is C11H16N4O4S. The second kappa shape index (κ2) is 5.24. The largest absolute Gasteiger partial charge is 0.388 e. The number of nitrogens with zero attached hydrogens (tertiary/aromatic N) is 1. The van der Waals surface area contributed by atoms with Gasteiger partial charge in [0.15, 0.2) is 17.2 Å². The Labute approximate surface area is 119 Å². The van der Waals surface area contributed by atoms with E-state index in [-0.39, 0.29) is 17.9 Å². The number of aromatic nitrogens is 2. The van der Waals surface area contributed by atoms with Crippen molar-refractivity contribution < 1.29 is 14.9 Å². The number of rotatable bonds is 2. The predicted octanol–water partition coefficient (Wildman–Crippen LogP) is -0.834. The van der Waals surface area contributed by atoms with Crippen LogP contribution < -0.4 is 16.2 Å². The first kappa shape index (κ1) is 13.7. The van der Waals surface area contributed by atoms with Gasteiger partial charge in [0.05, 0.1) is 12.6 Å². The van der Waals surface area contributed by atoms with Crippen molar-refractivity contribution in [2.24, 2.45) is 0 Å². The second-order valence-electron chi connectivity index (χ2n) is 4.65. The van der Waals surface area contributed by atoms with E-state index >= 15 is 0 Å². The zero-order valence-corrected chi connectivity index (χ0v) is 11.6. The third kappa shape index (κ3) is 2.26. The van der Waals surface area contributed by atoms with E-state index in [1.165, 1.54) is 11.8 Å². The van der Waals surface area contributed by atoms with Crippen molar-refractivity contribution >= 4 is 23.3 Å². The molecule has 1 fully saturated rings. The van der Waals surface area contributed by atoms with Crippen LogP contribution in [0.5, 0.6) is 0 Å². The van der Waals surface area contributed by atoms with Gasteiger partial charge in [-0.2, -0.15) is 0 Å². The number of nitrogens with one attached hydrogen (secondary N) is 3. The summed E-state index contributed by atoms with van der Waals surface area (Å²) in [6, 6.07) is -0.598. The van der Waals surface area contributed by atoms with Gasteiger partial charge in [-0.15, -0.1) is 0 Å². The normalized spacial score (nSPS) is 31.8. The maximum Gasteiger partial charge on any atom is 0.277 e. The van der Waals surface area contributed by atoms with Crippen LogP contribution in [0.25, 0.3) is 0 Å². The number of aliphatic hydroxyl groups excluding tert-OH is 2. The van der Waals surface area contributed by atoms with Crippen LogP contribution in [0, 0.1) is 0 Å². The van der Waals surface area contributed by atoms with E-state index in [0.717, 1.165) is 5.75 Å². The summed E-state index contributed by atoms with van der Waals surface area (Å²) in [6.07, 6.45) is -2.53. The zero-order chi connectivity index (χ0) is 14.3. The van der Waals surface area contributed by atoms with Crippen molar-refractivity contribution in [2.75, 3.05) is 23.0 Å². The van der Waals surface area contributed by atoms with E-state index in [1.54, 1.807) is 0 Å². The van der Waals surface area contributed by atoms with E-state index in [1.807, 2.05) is 6.92 Å². The summed E-state index contributed by atoms with van der Waals surface area (Å²) in [5.74, 6) is 1.19. The van der Waals surface area contributed by atoms with Crippen molar-refractivity contribution in [2.45, 2.75) is 36.6 Å². The highest BCUT2D eigenvalue weighted by atomic mass is 32.2. The first-order chi connectivity index (χ1) is 9.60. The second-order valence-corrected chi connectivity index (χ2v) is 5.91. The fourth-order valence-corrected chi connectivity index (χ4v) is 2.91. The van der Waals surface area contributed by atoms with Crippen LogP contribution in [-0.4, -0.2) is 57.0 Å². The van der Waals surface area contributed by atoms with Gasteiger partial charge in [-0.05, 0) is 5.75 Å². The highest BCUT2D eigenvalue weighted by Gasteiger charge is 2.42. The average molecular weight is 300 g/mol. The molecule has 0 saturated carbocycles. The van der Waals surface area contributed by atoms with Crippen molar-refractivity contribution in [1.29, 1.82) is 0 Å². The monoisotopic (exact) mass is 300 g/mol. The first-order valence-corrected chi connectivity index (χ1v) is 7.36. The lowest BCUT2D eigenvalue weighted by atomic mass is 9.99. The fraction of sp³-hybridized carbons (Fsp3) is 0.636. The number of thioether (sulfide) groups is 1. The average Bonchev–Trinajstić information content (AvgIpc) is 2.42. The summed E-state index contributed by atoms with van der Waals surface area (Å²) >= 11 is 1.43. The number of hydrogen-bond donors (Lipinski definition) is 5. The van der Waals surface area contributed by atoms with E-state index in [2.05, 4.69) is 20.6 Å². The molecule has 0 aromatic carbocycles. The molecule has 1 aromatic rings. The van der Waals surface area contributed by atoms with Crippen LogP contribution in [-0.2, 0) is 4.74 Å². The molecule has 2 unspecified atom stereocenters. The predicted molar refractivity (Wildman–Crippen MR) is 74.0 cm³/mol. The maximum absolute atomic E-state index is 12.0. The Balaban J connectivity index is 1.94. The molecule has 0 spiro atoms. The fourth-order valence-electron chi connectivity index (χ4n) is 2.31. The van der Waals surface area contributed by atoms with Crippen molar-refractivity contribution in [3.63, 3.8) is 0 Å². The van der Waals surface area contributed by atoms with Crippen LogP contribution >= 0.6 is 11.8 Å². The molecule has 0 aliphatic carbocycles. The van der Waals surface area contributed by atoms with Gasteiger partial charge in [0.2, 0.25) is 0 Å². The smallest absolute Gasteiger partial charge is 0.277 e. The van der Waals surface area contributed by atoms with Gasteiger partial charge in [-0.1, -0.05) is 18.7 Å². The Morgan fingerprint density at radius 1 is 1.45 bits per heavy atom. The Morgan fingerprint density at radius 3 is 3.00 bits per heavy atom. The SMILES string of the molecule is CCSc1nc2c(c(=O)[nH]1)NC1C(N2)OC[C@@H](O)[C@H]1O. The molecule has 3 heterocycles. The topological polar surface area (TPSA) is 120 Å². The molecule has 8 nitrogen and oxygen atoms in total. The number of fused-ring (bicyclic) bond motifs is 2. The van der Waals surface area contributed by atoms with Crippen LogP contribution in [0.4, 0.5) is 11.5 Å². The molecule has 3 rings (SSSR count). The molecule has 1 saturated heterocycles. The van der Waals surface area contributed by atoms with Crippen LogP contribution in [0.15, 0.2) is 9.95 Å². The number of H-pyrrole nitrogens is 1. The molecule has 1 aromatic heterocycles. The molecule has 5 N–H and O–H groups in total. The van der Waals surface area contributed by atoms with Crippen LogP contribution in [0.1, 0.15) is 6.92 Å². The Kier molecular flexibility index (Phi) is 3.59. The summed E-state index contributed by atoms with van der Waals surface area (Å²) in [7, 11) is 0. The molecule has 20 heavy (non-hydrogen) atoms. The lowest BCUT2D eigenvalue weighted by Crippen LogP contribution is -2.61. The van der Waals surface area contributed by atoms with E-state index in [4.69, 9.17) is 4.74 Å². The van der Waals surface area contributed by atoms with Gasteiger partial charge in [-0.25, -0.2) is 4.98 Å². The summed E-state index contributed by atoms with van der Waals surface area (Å²) in [5, 5.41) is 26.0. The maximum atomic E-state index is 12.0. The van der Waals surface area contributed by atoms with Crippen molar-refractivity contribution in [1.82, 2.24) is 9.97 Å². The van der Waals surface area contributed by atoms with Crippen LogP contribution in [0.3, 0.4) is 0 Å². The molecule has 110 valence electrons. The third-order valence-electron chi connectivity index (χ3n) is 3.30. The highest BCUT2D eigenvalue weighted by Crippen LogP contribution is 2.29. The summed E-state index contributed by atoms with van der Waals surface area (Å²) in [5.41, 5.74) is -0.0624. The molecule has 0 radical (unpaired) electrons. The summed E-state index contributed by atoms with van der Waals surface area (Å²) < 4.78 is 5.42. The van der Waals surface area contributed by atoms with E-state index < -0.39 is 24.5 Å². The number of aromatic amines is 1. The van der Waals surface area contributed by atoms with Crippen molar-refractivity contribution in [3.05, 3.63) is 10.4 Å². The number of hydrogen-bond acceptors (Lipinski definition) is 8. The highest BCUT2D eigenvalue weighted by molar-refractivity contribution is 7.99. The quantitative estimate of drug-likeness (QED) is 0.354. The molecule has 2 aliphatic heterocycles. The number of ether oxygens (including phenoxy) is 1. The van der Waals surface area contributed by atoms with E-state index in [0.29, 0.717) is 11.0 Å². The van der Waals surface area contributed by atoms with Gasteiger partial charge in [0.25, 0.3) is 5.56 Å². The number of anilines is 2. The summed E-state index contributed by atoms with van der Waals surface area (Å²) in [4.78, 5) is 19.0. The minimum Gasteiger partial charge on any atom is -0.388 e. The van der Waals surface area contributed by atoms with Gasteiger partial charge < -0.3 is 25.6 Å². The van der Waals surface area contributed by atoms with Gasteiger partial charge in [0, 0.05) is 0 Å². The molecule has 0 amide bonds. The Morgan fingerprint density at radius 2 is 2.25 bits per heavy atom. The molecule has 2 aliphatic rings. The van der Waals surface area contributed by atoms with Gasteiger partial charge in [0.1, 0.15) is 17.9 Å². The molecule has 4 atom stereocenters. The summed E-state index contributed by atoms with van der Waals surface area (Å²) in [6.45, 7) is 2.00. The first-order valence-electron chi connectivity index (χ1n) is 6.38. The standard InChI is InChI=1S/C11H16N4O4S/c1-2-20-11-14-8-6(9(18)15-11)12-5-7(17)4(16)3-19-10(5)13-8/h4-5,7,10,12,16-17H,2-3H2,1H3,(H2,13,14,15,18)/t4-,5?,7-,10?/m1/s1.